The molecule has 0 atom stereocenters. The summed E-state index contributed by atoms with van der Waals surface area (Å²) >= 11 is 5.88. The highest BCUT2D eigenvalue weighted by atomic mass is 35.5. The van der Waals surface area contributed by atoms with Crippen LogP contribution in [-0.2, 0) is 4.74 Å². The molecule has 0 saturated carbocycles. The molecule has 27 heavy (non-hydrogen) atoms. The van der Waals surface area contributed by atoms with Crippen molar-refractivity contribution in [3.63, 3.8) is 0 Å². The lowest BCUT2D eigenvalue weighted by molar-refractivity contribution is 0.0205. The van der Waals surface area contributed by atoms with E-state index in [2.05, 4.69) is 27.4 Å². The van der Waals surface area contributed by atoms with Gasteiger partial charge in [0.1, 0.15) is 22.9 Å². The number of ether oxygens (including phenoxy) is 1. The molecule has 0 unspecified atom stereocenters. The summed E-state index contributed by atoms with van der Waals surface area (Å²) in [6.45, 7) is 7.12. The van der Waals surface area contributed by atoms with Gasteiger partial charge in [-0.15, -0.1) is 0 Å². The highest BCUT2D eigenvalue weighted by molar-refractivity contribution is 6.29. The molecule has 1 saturated heterocycles. The van der Waals surface area contributed by atoms with Crippen LogP contribution < -0.4 is 5.32 Å². The zero-order chi connectivity index (χ0) is 19.4. The predicted molar refractivity (Wildman–Crippen MR) is 107 cm³/mol. The third kappa shape index (κ3) is 5.57. The lowest BCUT2D eigenvalue weighted by Crippen LogP contribution is -2.41. The second kappa shape index (κ2) is 8.13. The molecule has 2 aromatic rings. The summed E-state index contributed by atoms with van der Waals surface area (Å²) in [6, 6.07) is 10.00. The van der Waals surface area contributed by atoms with Gasteiger partial charge in [-0.25, -0.2) is 14.8 Å². The maximum absolute atomic E-state index is 12.2. The average Bonchev–Trinajstić information content (AvgIpc) is 2.61. The van der Waals surface area contributed by atoms with Crippen molar-refractivity contribution in [3.8, 4) is 0 Å². The van der Waals surface area contributed by atoms with E-state index in [1.807, 2.05) is 32.9 Å². The van der Waals surface area contributed by atoms with Crippen molar-refractivity contribution >= 4 is 29.2 Å². The number of carbonyl (C=O) groups excluding carboxylic acids is 1. The van der Waals surface area contributed by atoms with E-state index in [0.29, 0.717) is 16.9 Å². The number of anilines is 2. The molecule has 6 nitrogen and oxygen atoms in total. The number of carbonyl (C=O) groups is 1. The van der Waals surface area contributed by atoms with Crippen LogP contribution in [0.5, 0.6) is 0 Å². The summed E-state index contributed by atoms with van der Waals surface area (Å²) in [5.41, 5.74) is 1.77. The average molecular weight is 389 g/mol. The van der Waals surface area contributed by atoms with E-state index in [1.54, 1.807) is 11.0 Å². The van der Waals surface area contributed by atoms with Crippen molar-refractivity contribution in [1.29, 1.82) is 0 Å². The third-order valence-electron chi connectivity index (χ3n) is 4.43. The standard InChI is InChI=1S/C20H25ClN4O2/c1-20(2,3)27-19(26)25-10-8-15(9-11-25)14-4-6-16(7-5-14)24-18-12-17(21)22-13-23-18/h4-7,12-13,15H,8-11H2,1-3H3,(H,22,23,24). The molecule has 0 spiro atoms. The minimum Gasteiger partial charge on any atom is -0.444 e. The fourth-order valence-electron chi connectivity index (χ4n) is 3.11. The fourth-order valence-corrected chi connectivity index (χ4v) is 3.26. The predicted octanol–water partition coefficient (Wildman–Crippen LogP) is 4.99. The molecule has 7 heteroatoms. The number of amides is 1. The molecule has 2 heterocycles. The minimum atomic E-state index is -0.454. The monoisotopic (exact) mass is 388 g/mol. The number of hydrogen-bond acceptors (Lipinski definition) is 5. The van der Waals surface area contributed by atoms with Crippen molar-refractivity contribution in [2.75, 3.05) is 18.4 Å². The Balaban J connectivity index is 1.55. The molecule has 1 aromatic carbocycles. The van der Waals surface area contributed by atoms with E-state index in [-0.39, 0.29) is 6.09 Å². The number of piperidine rings is 1. The Kier molecular flexibility index (Phi) is 5.85. The van der Waals surface area contributed by atoms with Gasteiger partial charge < -0.3 is 15.0 Å². The zero-order valence-corrected chi connectivity index (χ0v) is 16.7. The second-order valence-electron chi connectivity index (χ2n) is 7.71. The van der Waals surface area contributed by atoms with Crippen LogP contribution in [0.1, 0.15) is 45.1 Å². The summed E-state index contributed by atoms with van der Waals surface area (Å²) in [4.78, 5) is 22.0. The molecule has 1 N–H and O–H groups in total. The van der Waals surface area contributed by atoms with Gasteiger partial charge in [0.2, 0.25) is 0 Å². The topological polar surface area (TPSA) is 67.3 Å². The Labute approximate surface area is 164 Å². The highest BCUT2D eigenvalue weighted by Gasteiger charge is 2.27. The SMILES string of the molecule is CC(C)(C)OC(=O)N1CCC(c2ccc(Nc3cc(Cl)ncn3)cc2)CC1. The van der Waals surface area contributed by atoms with E-state index in [1.165, 1.54) is 11.9 Å². The first-order valence-corrected chi connectivity index (χ1v) is 9.50. The van der Waals surface area contributed by atoms with E-state index in [9.17, 15) is 4.79 Å². The van der Waals surface area contributed by atoms with Crippen LogP contribution in [0.2, 0.25) is 5.15 Å². The van der Waals surface area contributed by atoms with Crippen molar-refractivity contribution in [3.05, 3.63) is 47.4 Å². The molecule has 1 aromatic heterocycles. The van der Waals surface area contributed by atoms with Crippen LogP contribution in [0.25, 0.3) is 0 Å². The van der Waals surface area contributed by atoms with Crippen LogP contribution in [-0.4, -0.2) is 39.7 Å². The fraction of sp³-hybridized carbons (Fsp3) is 0.450. The number of hydrogen-bond donors (Lipinski definition) is 1. The molecule has 1 aliphatic rings. The van der Waals surface area contributed by atoms with Gasteiger partial charge in [-0.3, -0.25) is 0 Å². The quantitative estimate of drug-likeness (QED) is 0.750. The molecule has 1 aliphatic heterocycles. The molecule has 144 valence electrons. The summed E-state index contributed by atoms with van der Waals surface area (Å²) in [5.74, 6) is 1.11. The van der Waals surface area contributed by atoms with E-state index >= 15 is 0 Å². The zero-order valence-electron chi connectivity index (χ0n) is 15.9. The van der Waals surface area contributed by atoms with E-state index in [4.69, 9.17) is 16.3 Å². The van der Waals surface area contributed by atoms with Gasteiger partial charge in [0.25, 0.3) is 0 Å². The molecular formula is C20H25ClN4O2. The van der Waals surface area contributed by atoms with Gasteiger partial charge in [0.05, 0.1) is 0 Å². The number of halogens is 1. The number of nitrogens with zero attached hydrogens (tertiary/aromatic N) is 3. The Morgan fingerprint density at radius 3 is 2.44 bits per heavy atom. The smallest absolute Gasteiger partial charge is 0.410 e. The van der Waals surface area contributed by atoms with Gasteiger partial charge in [0.15, 0.2) is 0 Å². The summed E-state index contributed by atoms with van der Waals surface area (Å²) in [5, 5.41) is 3.62. The Morgan fingerprint density at radius 1 is 1.19 bits per heavy atom. The number of aromatic nitrogens is 2. The molecule has 0 aliphatic carbocycles. The lowest BCUT2D eigenvalue weighted by Gasteiger charge is -2.33. The maximum atomic E-state index is 12.2. The first kappa shape index (κ1) is 19.4. The Hall–Kier alpha value is -2.34. The van der Waals surface area contributed by atoms with Crippen molar-refractivity contribution in [2.24, 2.45) is 0 Å². The third-order valence-corrected chi connectivity index (χ3v) is 4.64. The summed E-state index contributed by atoms with van der Waals surface area (Å²) in [7, 11) is 0. The van der Waals surface area contributed by atoms with Gasteiger partial charge in [-0.2, -0.15) is 0 Å². The first-order valence-electron chi connectivity index (χ1n) is 9.12. The van der Waals surface area contributed by atoms with Gasteiger partial charge >= 0.3 is 6.09 Å². The van der Waals surface area contributed by atoms with Gasteiger partial charge in [0, 0.05) is 24.8 Å². The van der Waals surface area contributed by atoms with Crippen LogP contribution in [0.3, 0.4) is 0 Å². The lowest BCUT2D eigenvalue weighted by atomic mass is 9.89. The van der Waals surface area contributed by atoms with Gasteiger partial charge in [-0.1, -0.05) is 23.7 Å². The number of likely N-dealkylation sites (tertiary alicyclic amines) is 1. The Bertz CT molecular complexity index is 781. The second-order valence-corrected chi connectivity index (χ2v) is 8.10. The largest absolute Gasteiger partial charge is 0.444 e. The van der Waals surface area contributed by atoms with Crippen molar-refractivity contribution < 1.29 is 9.53 Å². The van der Waals surface area contributed by atoms with Gasteiger partial charge in [-0.05, 0) is 57.2 Å². The number of nitrogens with one attached hydrogen (secondary N) is 1. The normalized spacial score (nSPS) is 15.5. The number of rotatable bonds is 3. The maximum Gasteiger partial charge on any atom is 0.410 e. The first-order chi connectivity index (χ1) is 12.8. The van der Waals surface area contributed by atoms with Crippen LogP contribution in [0.15, 0.2) is 36.7 Å². The number of benzene rings is 1. The van der Waals surface area contributed by atoms with Crippen LogP contribution in [0, 0.1) is 0 Å². The Morgan fingerprint density at radius 2 is 1.85 bits per heavy atom. The van der Waals surface area contributed by atoms with Crippen molar-refractivity contribution in [2.45, 2.75) is 45.1 Å². The molecule has 0 radical (unpaired) electrons. The molecule has 1 amide bonds. The molecule has 3 rings (SSSR count). The molecule has 0 bridgehead atoms. The summed E-state index contributed by atoms with van der Waals surface area (Å²) < 4.78 is 5.46. The summed E-state index contributed by atoms with van der Waals surface area (Å²) in [6.07, 6.45) is 3.09. The molecular weight excluding hydrogens is 364 g/mol. The highest BCUT2D eigenvalue weighted by Crippen LogP contribution is 2.30. The van der Waals surface area contributed by atoms with Crippen molar-refractivity contribution in [1.82, 2.24) is 14.9 Å². The van der Waals surface area contributed by atoms with Crippen LogP contribution in [0.4, 0.5) is 16.3 Å². The minimum absolute atomic E-state index is 0.219. The van der Waals surface area contributed by atoms with E-state index in [0.717, 1.165) is 31.6 Å². The molecule has 1 fully saturated rings. The van der Waals surface area contributed by atoms with E-state index < -0.39 is 5.60 Å². The van der Waals surface area contributed by atoms with Crippen LogP contribution >= 0.6 is 11.6 Å².